The highest BCUT2D eigenvalue weighted by molar-refractivity contribution is 5.83. The second-order valence-corrected chi connectivity index (χ2v) is 5.39. The van der Waals surface area contributed by atoms with Crippen LogP contribution in [0.5, 0.6) is 0 Å². The lowest BCUT2D eigenvalue weighted by molar-refractivity contribution is 0.270. The molecule has 0 saturated heterocycles. The van der Waals surface area contributed by atoms with Crippen LogP contribution in [0, 0.1) is 0 Å². The monoisotopic (exact) mass is 299 g/mol. The first kappa shape index (κ1) is 14.6. The van der Waals surface area contributed by atoms with Crippen LogP contribution in [0.4, 0.5) is 5.82 Å². The van der Waals surface area contributed by atoms with Crippen LogP contribution >= 0.6 is 0 Å². The second kappa shape index (κ2) is 5.81. The zero-order valence-electron chi connectivity index (χ0n) is 13.0. The smallest absolute Gasteiger partial charge is 0.146 e. The summed E-state index contributed by atoms with van der Waals surface area (Å²) in [6.45, 7) is 2.52. The van der Waals surface area contributed by atoms with Crippen molar-refractivity contribution in [2.45, 2.75) is 26.3 Å². The molecule has 116 valence electrons. The van der Waals surface area contributed by atoms with E-state index in [1.54, 1.807) is 4.68 Å². The molecule has 0 amide bonds. The zero-order valence-corrected chi connectivity index (χ0v) is 13.0. The largest absolute Gasteiger partial charge is 0.394 e. The van der Waals surface area contributed by atoms with Gasteiger partial charge in [-0.3, -0.25) is 0 Å². The Morgan fingerprint density at radius 2 is 2.05 bits per heavy atom. The van der Waals surface area contributed by atoms with E-state index < -0.39 is 0 Å². The number of aliphatic hydroxyl groups excluding tert-OH is 1. The minimum absolute atomic E-state index is 0.0133. The van der Waals surface area contributed by atoms with Gasteiger partial charge in [0.25, 0.3) is 0 Å². The molecule has 3 aromatic rings. The lowest BCUT2D eigenvalue weighted by atomic mass is 10.1. The van der Waals surface area contributed by atoms with Gasteiger partial charge in [0.2, 0.25) is 0 Å². The summed E-state index contributed by atoms with van der Waals surface area (Å²) >= 11 is 0. The van der Waals surface area contributed by atoms with Crippen LogP contribution in [0.3, 0.4) is 0 Å². The number of fused-ring (bicyclic) bond motifs is 1. The number of aliphatic hydroxyl groups is 1. The number of imidazole rings is 1. The van der Waals surface area contributed by atoms with Gasteiger partial charge < -0.3 is 15.4 Å². The van der Waals surface area contributed by atoms with E-state index in [-0.39, 0.29) is 6.61 Å². The Hall–Kier alpha value is -2.34. The van der Waals surface area contributed by atoms with E-state index in [9.17, 15) is 5.11 Å². The average Bonchev–Trinajstić information content (AvgIpc) is 2.99. The van der Waals surface area contributed by atoms with Crippen LogP contribution in [0.25, 0.3) is 22.4 Å². The quantitative estimate of drug-likeness (QED) is 0.754. The van der Waals surface area contributed by atoms with E-state index in [0.717, 1.165) is 41.0 Å². The van der Waals surface area contributed by atoms with E-state index in [0.29, 0.717) is 12.4 Å². The lowest BCUT2D eigenvalue weighted by Gasteiger charge is -2.05. The zero-order chi connectivity index (χ0) is 15.7. The summed E-state index contributed by atoms with van der Waals surface area (Å²) in [5.41, 5.74) is 10.1. The van der Waals surface area contributed by atoms with Gasteiger partial charge >= 0.3 is 0 Å². The van der Waals surface area contributed by atoms with Crippen molar-refractivity contribution in [3.63, 3.8) is 0 Å². The molecule has 0 atom stereocenters. The molecule has 0 aliphatic heterocycles. The van der Waals surface area contributed by atoms with Gasteiger partial charge in [0.1, 0.15) is 11.6 Å². The normalized spacial score (nSPS) is 11.4. The summed E-state index contributed by atoms with van der Waals surface area (Å²) in [7, 11) is 1.99. The van der Waals surface area contributed by atoms with E-state index >= 15 is 0 Å². The van der Waals surface area contributed by atoms with E-state index in [2.05, 4.69) is 12.0 Å². The number of aromatic nitrogens is 4. The van der Waals surface area contributed by atoms with Gasteiger partial charge in [-0.25, -0.2) is 9.67 Å². The van der Waals surface area contributed by atoms with Crippen molar-refractivity contribution < 1.29 is 5.11 Å². The Kier molecular flexibility index (Phi) is 3.85. The fourth-order valence-corrected chi connectivity index (χ4v) is 2.82. The molecule has 6 heteroatoms. The number of rotatable bonds is 5. The number of anilines is 1. The number of nitrogens with zero attached hydrogens (tertiary/aromatic N) is 4. The van der Waals surface area contributed by atoms with E-state index in [4.69, 9.17) is 10.7 Å². The van der Waals surface area contributed by atoms with Crippen molar-refractivity contribution in [2.24, 2.45) is 7.05 Å². The maximum absolute atomic E-state index is 9.18. The molecule has 2 aromatic heterocycles. The lowest BCUT2D eigenvalue weighted by Crippen LogP contribution is -2.08. The molecule has 22 heavy (non-hydrogen) atoms. The van der Waals surface area contributed by atoms with Crippen molar-refractivity contribution >= 4 is 16.9 Å². The van der Waals surface area contributed by atoms with Gasteiger partial charge in [0, 0.05) is 7.05 Å². The van der Waals surface area contributed by atoms with Crippen LogP contribution in [0.1, 0.15) is 19.0 Å². The van der Waals surface area contributed by atoms with Crippen LogP contribution < -0.4 is 5.73 Å². The predicted molar refractivity (Wildman–Crippen MR) is 87.4 cm³/mol. The highest BCUT2D eigenvalue weighted by Crippen LogP contribution is 2.31. The molecule has 0 fully saturated rings. The van der Waals surface area contributed by atoms with Crippen LogP contribution in [0.15, 0.2) is 24.3 Å². The van der Waals surface area contributed by atoms with Crippen molar-refractivity contribution in [1.29, 1.82) is 0 Å². The van der Waals surface area contributed by atoms with Gasteiger partial charge in [-0.15, -0.1) is 0 Å². The van der Waals surface area contributed by atoms with Crippen molar-refractivity contribution in [1.82, 2.24) is 19.3 Å². The molecule has 1 aromatic carbocycles. The number of benzene rings is 1. The van der Waals surface area contributed by atoms with Crippen molar-refractivity contribution in [2.75, 3.05) is 12.3 Å². The summed E-state index contributed by atoms with van der Waals surface area (Å²) in [4.78, 5) is 4.73. The number of para-hydroxylation sites is 2. The second-order valence-electron chi connectivity index (χ2n) is 5.39. The molecule has 0 saturated carbocycles. The van der Waals surface area contributed by atoms with Crippen molar-refractivity contribution in [3.05, 3.63) is 30.0 Å². The van der Waals surface area contributed by atoms with Gasteiger partial charge in [-0.2, -0.15) is 5.10 Å². The number of hydrogen-bond donors (Lipinski definition) is 2. The topological polar surface area (TPSA) is 81.9 Å². The first-order valence-corrected chi connectivity index (χ1v) is 7.55. The Labute approximate surface area is 129 Å². The maximum atomic E-state index is 9.18. The van der Waals surface area contributed by atoms with Crippen LogP contribution in [-0.4, -0.2) is 31.0 Å². The highest BCUT2D eigenvalue weighted by atomic mass is 16.3. The third-order valence-electron chi connectivity index (χ3n) is 3.87. The molecule has 0 unspecified atom stereocenters. The fraction of sp³-hybridized carbons (Fsp3) is 0.375. The molecule has 0 spiro atoms. The van der Waals surface area contributed by atoms with Crippen LogP contribution in [0.2, 0.25) is 0 Å². The number of aryl methyl sites for hydroxylation is 2. The molecular weight excluding hydrogens is 278 g/mol. The number of hydrogen-bond acceptors (Lipinski definition) is 4. The Balaban J connectivity index is 2.22. The minimum Gasteiger partial charge on any atom is -0.394 e. The summed E-state index contributed by atoms with van der Waals surface area (Å²) in [6.07, 6.45) is 1.81. The molecule has 2 heterocycles. The summed E-state index contributed by atoms with van der Waals surface area (Å²) in [6, 6.07) is 8.01. The highest BCUT2D eigenvalue weighted by Gasteiger charge is 2.21. The molecule has 0 radical (unpaired) electrons. The first-order chi connectivity index (χ1) is 10.7. The van der Waals surface area contributed by atoms with E-state index in [1.807, 2.05) is 35.9 Å². The third kappa shape index (κ3) is 2.25. The predicted octanol–water partition coefficient (Wildman–Crippen LogP) is 1.96. The van der Waals surface area contributed by atoms with Gasteiger partial charge in [-0.1, -0.05) is 25.5 Å². The summed E-state index contributed by atoms with van der Waals surface area (Å²) < 4.78 is 3.71. The first-order valence-electron chi connectivity index (χ1n) is 7.55. The Morgan fingerprint density at radius 1 is 1.27 bits per heavy atom. The fourth-order valence-electron chi connectivity index (χ4n) is 2.82. The number of nitrogens with two attached hydrogens (primary N) is 1. The molecule has 0 aliphatic rings. The maximum Gasteiger partial charge on any atom is 0.146 e. The third-order valence-corrected chi connectivity index (χ3v) is 3.87. The molecule has 0 aliphatic carbocycles. The van der Waals surface area contributed by atoms with E-state index in [1.165, 1.54) is 0 Å². The Morgan fingerprint density at radius 3 is 2.73 bits per heavy atom. The summed E-state index contributed by atoms with van der Waals surface area (Å²) in [5.74, 6) is 1.39. The molecule has 6 nitrogen and oxygen atoms in total. The van der Waals surface area contributed by atoms with Crippen LogP contribution in [-0.2, 0) is 20.0 Å². The standard InChI is InChI=1S/C16H21N5O/c1-3-6-12-14(15(17)21(19-12)9-10-22)16-18-11-7-4-5-8-13(11)20(16)2/h4-5,7-8,22H,3,6,9-10,17H2,1-2H3. The molecule has 3 rings (SSSR count). The van der Waals surface area contributed by atoms with Gasteiger partial charge in [-0.05, 0) is 18.6 Å². The Bertz CT molecular complexity index is 802. The molecule has 3 N–H and O–H groups in total. The van der Waals surface area contributed by atoms with Gasteiger partial charge in [0.15, 0.2) is 0 Å². The average molecular weight is 299 g/mol. The summed E-state index contributed by atoms with van der Waals surface area (Å²) in [5, 5.41) is 13.7. The van der Waals surface area contributed by atoms with Crippen molar-refractivity contribution in [3.8, 4) is 11.4 Å². The SMILES string of the molecule is CCCc1nn(CCO)c(N)c1-c1nc2ccccc2n1C. The number of nitrogen functional groups attached to an aromatic ring is 1. The minimum atomic E-state index is 0.0133. The molecule has 0 bridgehead atoms. The molecular formula is C16H21N5O. The van der Waals surface area contributed by atoms with Gasteiger partial charge in [0.05, 0.1) is 35.4 Å².